The lowest BCUT2D eigenvalue weighted by Crippen LogP contribution is -2.40. The summed E-state index contributed by atoms with van der Waals surface area (Å²) < 4.78 is 4.66. The number of hydrogen-bond acceptors (Lipinski definition) is 6. The summed E-state index contributed by atoms with van der Waals surface area (Å²) in [6.07, 6.45) is 7.40. The second kappa shape index (κ2) is 9.36. The highest BCUT2D eigenvalue weighted by Crippen LogP contribution is 2.31. The molecule has 7 nitrogen and oxygen atoms in total. The van der Waals surface area contributed by atoms with Crippen molar-refractivity contribution in [2.24, 2.45) is 0 Å². The number of hydrogen-bond donors (Lipinski definition) is 2. The molecule has 1 fully saturated rings. The summed E-state index contributed by atoms with van der Waals surface area (Å²) in [7, 11) is 1.34. The quantitative estimate of drug-likeness (QED) is 0.604. The van der Waals surface area contributed by atoms with Crippen molar-refractivity contribution in [2.75, 3.05) is 12.4 Å². The minimum absolute atomic E-state index is 0.160. The normalized spacial score (nSPS) is 19.1. The van der Waals surface area contributed by atoms with Gasteiger partial charge >= 0.3 is 12.0 Å². The van der Waals surface area contributed by atoms with Crippen molar-refractivity contribution < 1.29 is 14.3 Å². The van der Waals surface area contributed by atoms with Gasteiger partial charge in [0.15, 0.2) is 5.16 Å². The molecule has 0 aliphatic heterocycles. The molecule has 2 aromatic rings. The number of amides is 2. The van der Waals surface area contributed by atoms with Crippen LogP contribution in [0.15, 0.2) is 47.9 Å². The zero-order valence-electron chi connectivity index (χ0n) is 15.1. The molecule has 0 saturated heterocycles. The number of anilines is 1. The molecule has 2 N–H and O–H groups in total. The number of carbonyl (C=O) groups is 2. The van der Waals surface area contributed by atoms with Crippen molar-refractivity contribution in [1.29, 1.82) is 0 Å². The Bertz CT molecular complexity index is 762. The average molecular weight is 386 g/mol. The smallest absolute Gasteiger partial charge is 0.337 e. The Hall–Kier alpha value is -2.61. The molecule has 3 rings (SSSR count). The zero-order valence-corrected chi connectivity index (χ0v) is 15.9. The summed E-state index contributed by atoms with van der Waals surface area (Å²) in [6, 6.07) is 8.34. The molecule has 1 aliphatic rings. The Labute approximate surface area is 162 Å². The van der Waals surface area contributed by atoms with Crippen LogP contribution in [0, 0.1) is 0 Å². The third-order valence-electron chi connectivity index (χ3n) is 4.39. The number of rotatable bonds is 5. The minimum atomic E-state index is -0.401. The number of ether oxygens (including phenoxy) is 1. The highest BCUT2D eigenvalue weighted by molar-refractivity contribution is 7.99. The van der Waals surface area contributed by atoms with Gasteiger partial charge in [0.25, 0.3) is 0 Å². The Morgan fingerprint density at radius 2 is 1.74 bits per heavy atom. The first-order chi connectivity index (χ1) is 13.1. The first kappa shape index (κ1) is 19.2. The fourth-order valence-corrected chi connectivity index (χ4v) is 4.03. The van der Waals surface area contributed by atoms with E-state index in [-0.39, 0.29) is 12.1 Å². The van der Waals surface area contributed by atoms with Gasteiger partial charge in [-0.3, -0.25) is 0 Å². The van der Waals surface area contributed by atoms with E-state index in [0.717, 1.165) is 30.8 Å². The summed E-state index contributed by atoms with van der Waals surface area (Å²) in [5.74, 6) is -0.401. The maximum atomic E-state index is 12.2. The highest BCUT2D eigenvalue weighted by atomic mass is 32.2. The van der Waals surface area contributed by atoms with Gasteiger partial charge in [-0.15, -0.1) is 0 Å². The molecule has 1 aromatic heterocycles. The van der Waals surface area contributed by atoms with Crippen molar-refractivity contribution >= 4 is 29.4 Å². The SMILES string of the molecule is COC(=O)c1ccc(NC(=O)NC2CCC(Sc3ncccn3)CC2)cc1. The number of esters is 1. The Kier molecular flexibility index (Phi) is 6.64. The van der Waals surface area contributed by atoms with E-state index in [1.54, 1.807) is 48.4 Å². The van der Waals surface area contributed by atoms with E-state index in [1.807, 2.05) is 6.07 Å². The summed E-state index contributed by atoms with van der Waals surface area (Å²) in [5, 5.41) is 7.11. The van der Waals surface area contributed by atoms with Crippen molar-refractivity contribution in [3.8, 4) is 0 Å². The van der Waals surface area contributed by atoms with Crippen molar-refractivity contribution in [3.05, 3.63) is 48.3 Å². The molecule has 0 atom stereocenters. The van der Waals surface area contributed by atoms with Gasteiger partial charge in [-0.2, -0.15) is 0 Å². The number of thioether (sulfide) groups is 1. The van der Waals surface area contributed by atoms with Gasteiger partial charge in [-0.05, 0) is 56.0 Å². The van der Waals surface area contributed by atoms with Gasteiger partial charge in [0.2, 0.25) is 0 Å². The van der Waals surface area contributed by atoms with Crippen LogP contribution >= 0.6 is 11.8 Å². The van der Waals surface area contributed by atoms with Gasteiger partial charge in [0.05, 0.1) is 12.7 Å². The maximum absolute atomic E-state index is 12.2. The van der Waals surface area contributed by atoms with Crippen LogP contribution in [0.5, 0.6) is 0 Å². The number of nitrogens with one attached hydrogen (secondary N) is 2. The van der Waals surface area contributed by atoms with Crippen LogP contribution < -0.4 is 10.6 Å². The lowest BCUT2D eigenvalue weighted by atomic mass is 9.95. The topological polar surface area (TPSA) is 93.2 Å². The highest BCUT2D eigenvalue weighted by Gasteiger charge is 2.23. The first-order valence-corrected chi connectivity index (χ1v) is 9.71. The van der Waals surface area contributed by atoms with E-state index in [2.05, 4.69) is 25.3 Å². The van der Waals surface area contributed by atoms with Crippen LogP contribution in [-0.4, -0.2) is 40.4 Å². The fourth-order valence-electron chi connectivity index (χ4n) is 2.98. The second-order valence-electron chi connectivity index (χ2n) is 6.29. The summed E-state index contributed by atoms with van der Waals surface area (Å²) in [5.41, 5.74) is 1.08. The van der Waals surface area contributed by atoms with Crippen molar-refractivity contribution in [3.63, 3.8) is 0 Å². The van der Waals surface area contributed by atoms with Gasteiger partial charge in [-0.25, -0.2) is 19.6 Å². The minimum Gasteiger partial charge on any atom is -0.465 e. The molecule has 8 heteroatoms. The van der Waals surface area contributed by atoms with E-state index >= 15 is 0 Å². The molecule has 142 valence electrons. The molecule has 0 unspecified atom stereocenters. The molecule has 0 bridgehead atoms. The summed E-state index contributed by atoms with van der Waals surface area (Å²) in [4.78, 5) is 32.1. The van der Waals surface area contributed by atoms with E-state index in [9.17, 15) is 9.59 Å². The maximum Gasteiger partial charge on any atom is 0.337 e. The van der Waals surface area contributed by atoms with Gasteiger partial charge in [0, 0.05) is 29.4 Å². The monoisotopic (exact) mass is 386 g/mol. The molecule has 0 radical (unpaired) electrons. The number of nitrogens with zero attached hydrogens (tertiary/aromatic N) is 2. The number of benzene rings is 1. The van der Waals surface area contributed by atoms with Crippen LogP contribution in [0.3, 0.4) is 0 Å². The molecule has 27 heavy (non-hydrogen) atoms. The molecule has 1 heterocycles. The van der Waals surface area contributed by atoms with Crippen LogP contribution in [-0.2, 0) is 4.74 Å². The predicted molar refractivity (Wildman–Crippen MR) is 104 cm³/mol. The van der Waals surface area contributed by atoms with Crippen LogP contribution in [0.1, 0.15) is 36.0 Å². The largest absolute Gasteiger partial charge is 0.465 e. The van der Waals surface area contributed by atoms with Gasteiger partial charge in [-0.1, -0.05) is 11.8 Å². The third kappa shape index (κ3) is 5.68. The number of carbonyl (C=O) groups excluding carboxylic acids is 2. The van der Waals surface area contributed by atoms with Crippen LogP contribution in [0.2, 0.25) is 0 Å². The molecule has 1 saturated carbocycles. The molecular weight excluding hydrogens is 364 g/mol. The van der Waals surface area contributed by atoms with E-state index in [4.69, 9.17) is 0 Å². The molecule has 0 spiro atoms. The van der Waals surface area contributed by atoms with Crippen LogP contribution in [0.25, 0.3) is 0 Å². The lowest BCUT2D eigenvalue weighted by Gasteiger charge is -2.28. The second-order valence-corrected chi connectivity index (χ2v) is 7.56. The first-order valence-electron chi connectivity index (χ1n) is 8.83. The molecular formula is C19H22N4O3S. The average Bonchev–Trinajstić information content (AvgIpc) is 2.70. The molecule has 1 aliphatic carbocycles. The van der Waals surface area contributed by atoms with Gasteiger partial charge in [0.1, 0.15) is 0 Å². The lowest BCUT2D eigenvalue weighted by molar-refractivity contribution is 0.0600. The Morgan fingerprint density at radius 3 is 2.37 bits per heavy atom. The van der Waals surface area contributed by atoms with Gasteiger partial charge < -0.3 is 15.4 Å². The molecule has 2 amide bonds. The molecule has 1 aromatic carbocycles. The number of methoxy groups -OCH3 is 1. The Morgan fingerprint density at radius 1 is 1.07 bits per heavy atom. The van der Waals surface area contributed by atoms with Crippen LogP contribution in [0.4, 0.5) is 10.5 Å². The summed E-state index contributed by atoms with van der Waals surface area (Å²) >= 11 is 1.71. The van der Waals surface area contributed by atoms with E-state index < -0.39 is 5.97 Å². The zero-order chi connectivity index (χ0) is 19.1. The van der Waals surface area contributed by atoms with E-state index in [0.29, 0.717) is 16.5 Å². The fraction of sp³-hybridized carbons (Fsp3) is 0.368. The van der Waals surface area contributed by atoms with E-state index in [1.165, 1.54) is 7.11 Å². The third-order valence-corrected chi connectivity index (χ3v) is 5.61. The standard InChI is InChI=1S/C19H22N4O3S/c1-26-17(24)13-3-5-14(6-4-13)22-18(25)23-15-7-9-16(10-8-15)27-19-20-11-2-12-21-19/h2-6,11-12,15-16H,7-10H2,1H3,(H2,22,23,25). The summed E-state index contributed by atoms with van der Waals surface area (Å²) in [6.45, 7) is 0. The predicted octanol–water partition coefficient (Wildman–Crippen LogP) is 3.49. The van der Waals surface area contributed by atoms with Crippen molar-refractivity contribution in [2.45, 2.75) is 42.1 Å². The number of urea groups is 1. The number of aromatic nitrogens is 2. The van der Waals surface area contributed by atoms with Crippen molar-refractivity contribution in [1.82, 2.24) is 15.3 Å². The Balaban J connectivity index is 1.42.